The quantitative estimate of drug-likeness (QED) is 0.736. The van der Waals surface area contributed by atoms with Gasteiger partial charge in [0.05, 0.1) is 18.8 Å². The van der Waals surface area contributed by atoms with E-state index in [0.717, 1.165) is 31.1 Å². The summed E-state index contributed by atoms with van der Waals surface area (Å²) in [5.74, 6) is 2.74. The monoisotopic (exact) mass is 364 g/mol. The average molecular weight is 365 g/mol. The summed E-state index contributed by atoms with van der Waals surface area (Å²) in [6.07, 6.45) is 7.85. The Morgan fingerprint density at radius 2 is 1.58 bits per heavy atom. The van der Waals surface area contributed by atoms with Crippen molar-refractivity contribution in [3.8, 4) is 0 Å². The van der Waals surface area contributed by atoms with E-state index in [1.54, 1.807) is 0 Å². The maximum atomic E-state index is 11.3. The normalized spacial score (nSPS) is 53.3. The first-order valence-electron chi connectivity index (χ1n) is 10.8. The second kappa shape index (κ2) is 6.48. The molecule has 0 radical (unpaired) electrons. The molecule has 0 aliphatic heterocycles. The predicted octanol–water partition coefficient (Wildman–Crippen LogP) is 3.54. The SMILES string of the molecule is CC(=O)OC[C@H]1CC[C@H]2[C@@H]3CC[C@H]4[C@@H](O)[C@H](O)CC[C@]4(C)[C@H]3CC[C@]12C. The van der Waals surface area contributed by atoms with Gasteiger partial charge in [0, 0.05) is 6.92 Å². The fraction of sp³-hybridized carbons (Fsp3) is 0.955. The van der Waals surface area contributed by atoms with Crippen LogP contribution >= 0.6 is 0 Å². The summed E-state index contributed by atoms with van der Waals surface area (Å²) in [6, 6.07) is 0. The van der Waals surface area contributed by atoms with Gasteiger partial charge in [0.15, 0.2) is 0 Å². The van der Waals surface area contributed by atoms with Gasteiger partial charge in [-0.25, -0.2) is 0 Å². The van der Waals surface area contributed by atoms with E-state index in [0.29, 0.717) is 23.9 Å². The highest BCUT2D eigenvalue weighted by Gasteiger charge is 2.61. The number of hydrogen-bond acceptors (Lipinski definition) is 4. The van der Waals surface area contributed by atoms with Gasteiger partial charge in [-0.1, -0.05) is 13.8 Å². The molecule has 4 aliphatic rings. The van der Waals surface area contributed by atoms with Crippen molar-refractivity contribution in [1.29, 1.82) is 0 Å². The van der Waals surface area contributed by atoms with Gasteiger partial charge in [0.1, 0.15) is 0 Å². The van der Waals surface area contributed by atoms with E-state index in [-0.39, 0.29) is 17.3 Å². The van der Waals surface area contributed by atoms with Crippen molar-refractivity contribution in [2.75, 3.05) is 6.61 Å². The molecular weight excluding hydrogens is 328 g/mol. The smallest absolute Gasteiger partial charge is 0.302 e. The number of esters is 1. The molecule has 4 fully saturated rings. The minimum Gasteiger partial charge on any atom is -0.466 e. The van der Waals surface area contributed by atoms with Crippen LogP contribution in [0.15, 0.2) is 0 Å². The lowest BCUT2D eigenvalue weighted by Crippen LogP contribution is -2.58. The Balaban J connectivity index is 1.54. The molecule has 0 spiro atoms. The fourth-order valence-electron chi connectivity index (χ4n) is 7.92. The van der Waals surface area contributed by atoms with E-state index in [1.165, 1.54) is 39.0 Å². The maximum Gasteiger partial charge on any atom is 0.302 e. The molecule has 4 nitrogen and oxygen atoms in total. The molecular formula is C22H36O4. The summed E-state index contributed by atoms with van der Waals surface area (Å²) in [6.45, 7) is 6.95. The topological polar surface area (TPSA) is 66.8 Å². The van der Waals surface area contributed by atoms with Crippen LogP contribution in [-0.2, 0) is 9.53 Å². The van der Waals surface area contributed by atoms with Crippen LogP contribution in [0.3, 0.4) is 0 Å². The summed E-state index contributed by atoms with van der Waals surface area (Å²) in [4.78, 5) is 11.3. The summed E-state index contributed by atoms with van der Waals surface area (Å²) in [7, 11) is 0. The third-order valence-corrected chi connectivity index (χ3v) is 9.41. The zero-order valence-electron chi connectivity index (χ0n) is 16.6. The van der Waals surface area contributed by atoms with Gasteiger partial charge in [-0.05, 0) is 91.8 Å². The number of carbonyl (C=O) groups is 1. The lowest BCUT2D eigenvalue weighted by molar-refractivity contribution is -0.175. The molecule has 26 heavy (non-hydrogen) atoms. The zero-order chi connectivity index (χ0) is 18.7. The summed E-state index contributed by atoms with van der Waals surface area (Å²) >= 11 is 0. The second-order valence-corrected chi connectivity index (χ2v) is 10.3. The van der Waals surface area contributed by atoms with Crippen LogP contribution in [-0.4, -0.2) is 35.0 Å². The lowest BCUT2D eigenvalue weighted by atomic mass is 9.44. The highest BCUT2D eigenvalue weighted by Crippen LogP contribution is 2.67. The number of fused-ring (bicyclic) bond motifs is 5. The lowest BCUT2D eigenvalue weighted by Gasteiger charge is -2.61. The third-order valence-electron chi connectivity index (χ3n) is 9.41. The van der Waals surface area contributed by atoms with Gasteiger partial charge >= 0.3 is 5.97 Å². The van der Waals surface area contributed by atoms with Crippen molar-refractivity contribution in [2.45, 2.75) is 84.3 Å². The van der Waals surface area contributed by atoms with Crippen molar-refractivity contribution in [2.24, 2.45) is 40.4 Å². The van der Waals surface area contributed by atoms with Gasteiger partial charge in [0.25, 0.3) is 0 Å². The van der Waals surface area contributed by atoms with Gasteiger partial charge in [0.2, 0.25) is 0 Å². The molecule has 0 bridgehead atoms. The van der Waals surface area contributed by atoms with Gasteiger partial charge in [-0.2, -0.15) is 0 Å². The van der Waals surface area contributed by atoms with E-state index in [4.69, 9.17) is 4.74 Å². The average Bonchev–Trinajstić information content (AvgIpc) is 2.93. The molecule has 9 atom stereocenters. The van der Waals surface area contributed by atoms with Crippen molar-refractivity contribution in [1.82, 2.24) is 0 Å². The first-order valence-corrected chi connectivity index (χ1v) is 10.8. The molecule has 0 amide bonds. The van der Waals surface area contributed by atoms with Crippen molar-refractivity contribution in [3.05, 3.63) is 0 Å². The molecule has 0 unspecified atom stereocenters. The van der Waals surface area contributed by atoms with Crippen LogP contribution in [0.25, 0.3) is 0 Å². The third kappa shape index (κ3) is 2.66. The number of rotatable bonds is 2. The molecule has 4 saturated carbocycles. The number of aliphatic hydroxyl groups excluding tert-OH is 2. The van der Waals surface area contributed by atoms with E-state index in [9.17, 15) is 15.0 Å². The molecule has 0 saturated heterocycles. The van der Waals surface area contributed by atoms with Crippen LogP contribution < -0.4 is 0 Å². The zero-order valence-corrected chi connectivity index (χ0v) is 16.6. The maximum absolute atomic E-state index is 11.3. The Kier molecular flexibility index (Phi) is 4.67. The summed E-state index contributed by atoms with van der Waals surface area (Å²) < 4.78 is 5.41. The number of hydrogen-bond donors (Lipinski definition) is 2. The second-order valence-electron chi connectivity index (χ2n) is 10.3. The number of ether oxygens (including phenoxy) is 1. The first kappa shape index (κ1) is 18.7. The Morgan fingerprint density at radius 3 is 2.31 bits per heavy atom. The minimum atomic E-state index is -0.539. The predicted molar refractivity (Wildman–Crippen MR) is 99.2 cm³/mol. The van der Waals surface area contributed by atoms with Crippen molar-refractivity contribution >= 4 is 5.97 Å². The molecule has 4 rings (SSSR count). The molecule has 4 aliphatic carbocycles. The summed E-state index contributed by atoms with van der Waals surface area (Å²) in [5, 5.41) is 20.8. The number of aliphatic hydroxyl groups is 2. The van der Waals surface area contributed by atoms with Crippen molar-refractivity contribution < 1.29 is 19.7 Å². The molecule has 0 aromatic rings. The first-order chi connectivity index (χ1) is 12.3. The number of carbonyl (C=O) groups excluding carboxylic acids is 1. The largest absolute Gasteiger partial charge is 0.466 e. The van der Waals surface area contributed by atoms with Crippen LogP contribution in [0, 0.1) is 40.4 Å². The van der Waals surface area contributed by atoms with Crippen LogP contribution in [0.2, 0.25) is 0 Å². The molecule has 4 heteroatoms. The van der Waals surface area contributed by atoms with Crippen LogP contribution in [0.1, 0.15) is 72.1 Å². The Bertz CT molecular complexity index is 562. The fourth-order valence-corrected chi connectivity index (χ4v) is 7.92. The van der Waals surface area contributed by atoms with Crippen molar-refractivity contribution in [3.63, 3.8) is 0 Å². The van der Waals surface area contributed by atoms with E-state index in [1.807, 2.05) is 0 Å². The molecule has 0 aromatic carbocycles. The Labute approximate surface area is 157 Å². The summed E-state index contributed by atoms with van der Waals surface area (Å²) in [5.41, 5.74) is 0.476. The highest BCUT2D eigenvalue weighted by atomic mass is 16.5. The van der Waals surface area contributed by atoms with Crippen LogP contribution in [0.5, 0.6) is 0 Å². The van der Waals surface area contributed by atoms with Crippen LogP contribution in [0.4, 0.5) is 0 Å². The Morgan fingerprint density at radius 1 is 0.923 bits per heavy atom. The Hall–Kier alpha value is -0.610. The van der Waals surface area contributed by atoms with E-state index < -0.39 is 12.2 Å². The highest BCUT2D eigenvalue weighted by molar-refractivity contribution is 5.65. The molecule has 0 aromatic heterocycles. The van der Waals surface area contributed by atoms with Gasteiger partial charge in [-0.15, -0.1) is 0 Å². The molecule has 2 N–H and O–H groups in total. The van der Waals surface area contributed by atoms with E-state index >= 15 is 0 Å². The standard InChI is InChI=1S/C22H36O4/c1-13(23)26-12-14-4-6-16-15-5-7-18-20(25)19(24)9-11-22(18,3)17(15)8-10-21(14,16)2/h14-20,24-25H,4-12H2,1-3H3/t14-,15+,16+,17+,18+,19-,20-,21-,22-/m1/s1. The molecule has 0 heterocycles. The van der Waals surface area contributed by atoms with Gasteiger partial charge < -0.3 is 14.9 Å². The van der Waals surface area contributed by atoms with E-state index in [2.05, 4.69) is 13.8 Å². The molecule has 148 valence electrons. The minimum absolute atomic E-state index is 0.159. The van der Waals surface area contributed by atoms with Gasteiger partial charge in [-0.3, -0.25) is 4.79 Å².